The molecule has 1 aliphatic rings. The SMILES string of the molecule is [CH3][Sn]([CH3])([CH3])[C]1(C#N)B(C#N)C=CC(C#N)C1(C#N)C#N. The molecule has 0 saturated heterocycles. The summed E-state index contributed by atoms with van der Waals surface area (Å²) in [6.45, 7) is -0.827. The van der Waals surface area contributed by atoms with Gasteiger partial charge in [0.25, 0.3) is 0 Å². The molecule has 0 radical (unpaired) electrons. The summed E-state index contributed by atoms with van der Waals surface area (Å²) in [5.74, 6) is 2.58. The molecule has 2 unspecified atom stereocenters. The quantitative estimate of drug-likeness (QED) is 0.656. The molecule has 5 nitrogen and oxygen atoms in total. The Labute approximate surface area is 123 Å². The van der Waals surface area contributed by atoms with E-state index in [0.29, 0.717) is 0 Å². The third-order valence-corrected chi connectivity index (χ3v) is 13.1. The van der Waals surface area contributed by atoms with Crippen molar-refractivity contribution in [2.45, 2.75) is 18.1 Å². The third-order valence-electron chi connectivity index (χ3n) is 4.04. The van der Waals surface area contributed by atoms with Gasteiger partial charge in [0.05, 0.1) is 0 Å². The Morgan fingerprint density at radius 3 is 1.85 bits per heavy atom. The van der Waals surface area contributed by atoms with Crippen LogP contribution in [0, 0.1) is 67.9 Å². The Balaban J connectivity index is 3.93. The molecule has 0 amide bonds. The zero-order valence-electron chi connectivity index (χ0n) is 11.5. The van der Waals surface area contributed by atoms with E-state index in [-0.39, 0.29) is 0 Å². The van der Waals surface area contributed by atoms with Gasteiger partial charge in [0.15, 0.2) is 0 Å². The van der Waals surface area contributed by atoms with Crippen molar-refractivity contribution < 1.29 is 0 Å². The van der Waals surface area contributed by atoms with E-state index in [0.717, 1.165) is 0 Å². The Hall–Kier alpha value is -1.95. The molecular weight excluding hydrogens is 356 g/mol. The van der Waals surface area contributed by atoms with E-state index in [9.17, 15) is 26.3 Å². The molecule has 1 heterocycles. The maximum absolute atomic E-state index is 9.80. The van der Waals surface area contributed by atoms with Crippen LogP contribution in [0.5, 0.6) is 0 Å². The fourth-order valence-electron chi connectivity index (χ4n) is 3.01. The van der Waals surface area contributed by atoms with Gasteiger partial charge in [-0.1, -0.05) is 0 Å². The number of hydrogen-bond acceptors (Lipinski definition) is 5. The molecule has 96 valence electrons. The molecule has 0 aromatic rings. The van der Waals surface area contributed by atoms with Crippen LogP contribution in [0.4, 0.5) is 0 Å². The molecule has 1 aliphatic heterocycles. The van der Waals surface area contributed by atoms with Gasteiger partial charge in [-0.3, -0.25) is 0 Å². The predicted molar refractivity (Wildman–Crippen MR) is 74.9 cm³/mol. The first kappa shape index (κ1) is 16.1. The molecule has 0 saturated carbocycles. The van der Waals surface area contributed by atoms with E-state index in [1.54, 1.807) is 0 Å². The van der Waals surface area contributed by atoms with E-state index in [2.05, 4.69) is 12.0 Å². The van der Waals surface area contributed by atoms with Crippen molar-refractivity contribution in [1.82, 2.24) is 0 Å². The zero-order chi connectivity index (χ0) is 15.6. The summed E-state index contributed by atoms with van der Waals surface area (Å²) in [6, 6.07) is 7.93. The first-order chi connectivity index (χ1) is 9.31. The molecule has 2 atom stereocenters. The van der Waals surface area contributed by atoms with Crippen molar-refractivity contribution >= 4 is 25.1 Å². The number of hydrogen-bond donors (Lipinski definition) is 0. The van der Waals surface area contributed by atoms with E-state index < -0.39 is 39.8 Å². The topological polar surface area (TPSA) is 119 Å². The molecule has 7 heteroatoms. The van der Waals surface area contributed by atoms with Gasteiger partial charge in [0.1, 0.15) is 0 Å². The van der Waals surface area contributed by atoms with Crippen LogP contribution in [0.1, 0.15) is 0 Å². The van der Waals surface area contributed by atoms with E-state index in [4.69, 9.17) is 0 Å². The number of allylic oxidation sites excluding steroid dienone is 1. The molecule has 0 aromatic carbocycles. The van der Waals surface area contributed by atoms with Gasteiger partial charge in [-0.05, 0) is 0 Å². The van der Waals surface area contributed by atoms with Crippen LogP contribution in [0.2, 0.25) is 18.1 Å². The Bertz CT molecular complexity index is 644. The second kappa shape index (κ2) is 5.21. The van der Waals surface area contributed by atoms with Crippen molar-refractivity contribution in [2.75, 3.05) is 0 Å². The standard InChI is InChI=1S/C10H3BN5.3CH3.Sn/c12-3-8-1-2-11(7-16)9(4-13)10(8,5-14)6-15;;;;/h1-2,8H;3*1H3;. The van der Waals surface area contributed by atoms with Crippen molar-refractivity contribution in [2.24, 2.45) is 11.3 Å². The van der Waals surface area contributed by atoms with Gasteiger partial charge in [0.2, 0.25) is 0 Å². The molecule has 1 rings (SSSR count). The second-order valence-electron chi connectivity index (χ2n) is 5.80. The second-order valence-corrected chi connectivity index (χ2v) is 20.9. The Kier molecular flexibility index (Phi) is 4.19. The average Bonchev–Trinajstić information content (AvgIpc) is 2.43. The summed E-state index contributed by atoms with van der Waals surface area (Å²) in [5.41, 5.74) is -1.78. The number of nitriles is 5. The molecule has 0 N–H and O–H groups in total. The van der Waals surface area contributed by atoms with Crippen LogP contribution in [-0.2, 0) is 0 Å². The summed E-state index contributed by atoms with van der Waals surface area (Å²) in [7, 11) is 0. The first-order valence-electron chi connectivity index (χ1n) is 6.02. The summed E-state index contributed by atoms with van der Waals surface area (Å²) in [5, 5.41) is 47.7. The van der Waals surface area contributed by atoms with Crippen molar-refractivity contribution in [3.05, 3.63) is 12.1 Å². The summed E-state index contributed by atoms with van der Waals surface area (Å²) >= 11 is -3.29. The normalized spacial score (nSPS) is 27.3. The summed E-state index contributed by atoms with van der Waals surface area (Å²) in [6.07, 6.45) is 1.42. The van der Waals surface area contributed by atoms with Crippen LogP contribution in [0.15, 0.2) is 12.1 Å². The van der Waals surface area contributed by atoms with Gasteiger partial charge in [-0.15, -0.1) is 0 Å². The molecule has 0 bridgehead atoms. The molecular formula is C13H12BN5Sn. The summed E-state index contributed by atoms with van der Waals surface area (Å²) in [4.78, 5) is 5.75. The van der Waals surface area contributed by atoms with Crippen molar-refractivity contribution in [3.8, 4) is 30.2 Å². The maximum atomic E-state index is 9.80. The fourth-order valence-corrected chi connectivity index (χ4v) is 11.2. The van der Waals surface area contributed by atoms with Crippen LogP contribution in [-0.4, -0.2) is 25.1 Å². The van der Waals surface area contributed by atoms with Crippen molar-refractivity contribution in [3.63, 3.8) is 0 Å². The minimum absolute atomic E-state index is 0.827. The van der Waals surface area contributed by atoms with Gasteiger partial charge < -0.3 is 0 Å². The van der Waals surface area contributed by atoms with Crippen LogP contribution >= 0.6 is 0 Å². The Morgan fingerprint density at radius 1 is 1.00 bits per heavy atom. The van der Waals surface area contributed by atoms with Crippen LogP contribution in [0.25, 0.3) is 0 Å². The number of rotatable bonds is 1. The van der Waals surface area contributed by atoms with Gasteiger partial charge in [0, 0.05) is 0 Å². The predicted octanol–water partition coefficient (Wildman–Crippen LogP) is 1.97. The summed E-state index contributed by atoms with van der Waals surface area (Å²) < 4.78 is -1.37. The third kappa shape index (κ3) is 1.72. The molecule has 0 aliphatic carbocycles. The Morgan fingerprint density at radius 2 is 1.55 bits per heavy atom. The molecule has 0 aromatic heterocycles. The van der Waals surface area contributed by atoms with E-state index >= 15 is 0 Å². The fraction of sp³-hybridized carbons (Fsp3) is 0.462. The monoisotopic (exact) mass is 369 g/mol. The van der Waals surface area contributed by atoms with Crippen molar-refractivity contribution in [1.29, 1.82) is 26.3 Å². The van der Waals surface area contributed by atoms with E-state index in [1.165, 1.54) is 12.1 Å². The molecule has 0 fully saturated rings. The first-order valence-corrected chi connectivity index (χ1v) is 16.0. The van der Waals surface area contributed by atoms with Gasteiger partial charge in [-0.25, -0.2) is 0 Å². The van der Waals surface area contributed by atoms with Gasteiger partial charge in [-0.2, -0.15) is 0 Å². The molecule has 20 heavy (non-hydrogen) atoms. The zero-order valence-corrected chi connectivity index (χ0v) is 14.4. The van der Waals surface area contributed by atoms with Crippen LogP contribution < -0.4 is 0 Å². The minimum atomic E-state index is -3.29. The number of nitrogens with zero attached hydrogens (tertiary/aromatic N) is 5. The average molecular weight is 368 g/mol. The van der Waals surface area contributed by atoms with Gasteiger partial charge >= 0.3 is 123 Å². The molecule has 0 spiro atoms. The van der Waals surface area contributed by atoms with Crippen LogP contribution in [0.3, 0.4) is 0 Å². The van der Waals surface area contributed by atoms with E-state index in [1.807, 2.05) is 33.0 Å².